The van der Waals surface area contributed by atoms with Crippen molar-refractivity contribution in [1.29, 1.82) is 0 Å². The molecule has 0 aliphatic carbocycles. The van der Waals surface area contributed by atoms with E-state index in [1.807, 2.05) is 4.90 Å². The summed E-state index contributed by atoms with van der Waals surface area (Å²) in [5.74, 6) is 0.0193. The lowest BCUT2D eigenvalue weighted by molar-refractivity contribution is -0.137. The molecule has 180 valence electrons. The molecule has 0 bridgehead atoms. The van der Waals surface area contributed by atoms with E-state index < -0.39 is 17.6 Å². The lowest BCUT2D eigenvalue weighted by Gasteiger charge is -2.27. The number of thiazole rings is 1. The molecule has 35 heavy (non-hydrogen) atoms. The minimum absolute atomic E-state index is 0.219. The number of rotatable bonds is 5. The Bertz CT molecular complexity index is 1320. The first-order chi connectivity index (χ1) is 16.9. The normalized spacial score (nSPS) is 14.2. The van der Waals surface area contributed by atoms with Crippen molar-refractivity contribution in [2.24, 2.45) is 0 Å². The van der Waals surface area contributed by atoms with Crippen LogP contribution in [0.4, 0.5) is 34.8 Å². The molecule has 0 amide bonds. The van der Waals surface area contributed by atoms with Gasteiger partial charge in [0.1, 0.15) is 10.7 Å². The number of nitrogens with one attached hydrogen (secondary N) is 1. The predicted octanol–water partition coefficient (Wildman–Crippen LogP) is 5.40. The molecule has 0 saturated carbocycles. The number of hydrogen-bond acceptors (Lipinski definition) is 8. The Labute approximate surface area is 201 Å². The Kier molecular flexibility index (Phi) is 6.31. The highest BCUT2D eigenvalue weighted by atomic mass is 32.1. The van der Waals surface area contributed by atoms with Gasteiger partial charge in [-0.05, 0) is 30.3 Å². The molecule has 0 atom stereocenters. The maximum atomic E-state index is 14.3. The van der Waals surface area contributed by atoms with Crippen LogP contribution in [0.5, 0.6) is 0 Å². The van der Waals surface area contributed by atoms with Crippen LogP contribution in [-0.2, 0) is 10.9 Å². The number of aromatic nitrogens is 4. The highest BCUT2D eigenvalue weighted by Crippen LogP contribution is 2.32. The van der Waals surface area contributed by atoms with Crippen LogP contribution in [0, 0.1) is 5.82 Å². The minimum atomic E-state index is -4.42. The number of morpholine rings is 1. The monoisotopic (exact) mass is 502 g/mol. The predicted molar refractivity (Wildman–Crippen MR) is 124 cm³/mol. The average Bonchev–Trinajstić information content (AvgIpc) is 3.35. The van der Waals surface area contributed by atoms with Crippen molar-refractivity contribution in [3.05, 3.63) is 65.6 Å². The fraction of sp³-hybridized carbons (Fsp3) is 0.217. The standard InChI is InChI=1S/C23H18F4N6OS/c24-17-12-29-20(32-21(17)33-6-8-34-9-7-33)19-13-35-22(31-19)18-5-4-16(11-28-18)30-15-3-1-2-14(10-15)23(25,26)27/h1-5,10-13,30H,6-9H2. The van der Waals surface area contributed by atoms with Crippen molar-refractivity contribution in [3.63, 3.8) is 0 Å². The van der Waals surface area contributed by atoms with Gasteiger partial charge in [0.25, 0.3) is 0 Å². The van der Waals surface area contributed by atoms with Crippen molar-refractivity contribution < 1.29 is 22.3 Å². The first-order valence-electron chi connectivity index (χ1n) is 10.6. The third-order valence-electron chi connectivity index (χ3n) is 5.23. The van der Waals surface area contributed by atoms with Crippen LogP contribution in [0.2, 0.25) is 0 Å². The number of nitrogens with zero attached hydrogens (tertiary/aromatic N) is 5. The molecule has 0 radical (unpaired) electrons. The molecule has 1 N–H and O–H groups in total. The van der Waals surface area contributed by atoms with Gasteiger partial charge in [0.15, 0.2) is 17.5 Å². The third kappa shape index (κ3) is 5.23. The molecule has 1 aromatic carbocycles. The molecular formula is C23H18F4N6OS. The zero-order chi connectivity index (χ0) is 24.4. The summed E-state index contributed by atoms with van der Waals surface area (Å²) in [7, 11) is 0. The lowest BCUT2D eigenvalue weighted by atomic mass is 10.2. The minimum Gasteiger partial charge on any atom is -0.378 e. The van der Waals surface area contributed by atoms with E-state index in [1.165, 1.54) is 23.6 Å². The van der Waals surface area contributed by atoms with E-state index >= 15 is 0 Å². The summed E-state index contributed by atoms with van der Waals surface area (Å²) in [6.07, 6.45) is -1.76. The fourth-order valence-electron chi connectivity index (χ4n) is 3.51. The second-order valence-electron chi connectivity index (χ2n) is 7.64. The molecule has 3 aromatic heterocycles. The second kappa shape index (κ2) is 9.55. The topological polar surface area (TPSA) is 76.1 Å². The van der Waals surface area contributed by atoms with Gasteiger partial charge < -0.3 is 15.0 Å². The zero-order valence-electron chi connectivity index (χ0n) is 18.1. The summed E-state index contributed by atoms with van der Waals surface area (Å²) in [5, 5.41) is 5.29. The number of benzene rings is 1. The number of ether oxygens (including phenoxy) is 1. The molecule has 7 nitrogen and oxygen atoms in total. The Hall–Kier alpha value is -3.64. The van der Waals surface area contributed by atoms with Crippen molar-refractivity contribution >= 4 is 28.5 Å². The van der Waals surface area contributed by atoms with Crippen LogP contribution < -0.4 is 10.2 Å². The number of anilines is 3. The van der Waals surface area contributed by atoms with E-state index in [0.29, 0.717) is 59.9 Å². The van der Waals surface area contributed by atoms with Gasteiger partial charge in [-0.15, -0.1) is 11.3 Å². The summed E-state index contributed by atoms with van der Waals surface area (Å²) in [4.78, 5) is 19.2. The summed E-state index contributed by atoms with van der Waals surface area (Å²) >= 11 is 1.33. The van der Waals surface area contributed by atoms with Crippen LogP contribution in [0.1, 0.15) is 5.56 Å². The largest absolute Gasteiger partial charge is 0.416 e. The van der Waals surface area contributed by atoms with Gasteiger partial charge in [-0.2, -0.15) is 13.2 Å². The molecule has 1 aliphatic rings. The van der Waals surface area contributed by atoms with Gasteiger partial charge in [-0.1, -0.05) is 6.07 Å². The molecule has 1 aliphatic heterocycles. The maximum Gasteiger partial charge on any atom is 0.416 e. The molecule has 4 aromatic rings. The van der Waals surface area contributed by atoms with Crippen LogP contribution in [-0.4, -0.2) is 46.2 Å². The average molecular weight is 502 g/mol. The molecule has 5 rings (SSSR count). The quantitative estimate of drug-likeness (QED) is 0.366. The molecule has 12 heteroatoms. The summed E-state index contributed by atoms with van der Waals surface area (Å²) < 4.78 is 58.4. The SMILES string of the molecule is Fc1cnc(-c2csc(-c3ccc(Nc4cccc(C(F)(F)F)c4)cn3)n2)nc1N1CCOCC1. The van der Waals surface area contributed by atoms with Gasteiger partial charge in [-0.3, -0.25) is 4.98 Å². The van der Waals surface area contributed by atoms with E-state index in [1.54, 1.807) is 23.6 Å². The van der Waals surface area contributed by atoms with Crippen molar-refractivity contribution in [1.82, 2.24) is 19.9 Å². The second-order valence-corrected chi connectivity index (χ2v) is 8.50. The Morgan fingerprint density at radius 3 is 2.51 bits per heavy atom. The zero-order valence-corrected chi connectivity index (χ0v) is 18.9. The first-order valence-corrected chi connectivity index (χ1v) is 11.5. The number of pyridine rings is 1. The maximum absolute atomic E-state index is 14.3. The molecule has 0 unspecified atom stereocenters. The van der Waals surface area contributed by atoms with Crippen molar-refractivity contribution in [2.45, 2.75) is 6.18 Å². The van der Waals surface area contributed by atoms with E-state index in [0.717, 1.165) is 18.3 Å². The van der Waals surface area contributed by atoms with E-state index in [4.69, 9.17) is 4.74 Å². The number of alkyl halides is 3. The molecule has 1 fully saturated rings. The van der Waals surface area contributed by atoms with E-state index in [2.05, 4.69) is 25.3 Å². The summed E-state index contributed by atoms with van der Waals surface area (Å²) in [6.45, 7) is 2.09. The summed E-state index contributed by atoms with van der Waals surface area (Å²) in [6, 6.07) is 8.35. The van der Waals surface area contributed by atoms with Crippen LogP contribution >= 0.6 is 11.3 Å². The van der Waals surface area contributed by atoms with Crippen LogP contribution in [0.3, 0.4) is 0 Å². The van der Waals surface area contributed by atoms with Crippen molar-refractivity contribution in [2.75, 3.05) is 36.5 Å². The van der Waals surface area contributed by atoms with E-state index in [9.17, 15) is 17.6 Å². The van der Waals surface area contributed by atoms with Crippen LogP contribution in [0.25, 0.3) is 22.2 Å². The molecule has 0 spiro atoms. The lowest BCUT2D eigenvalue weighted by Crippen LogP contribution is -2.37. The number of hydrogen-bond donors (Lipinski definition) is 1. The molecule has 4 heterocycles. The smallest absolute Gasteiger partial charge is 0.378 e. The fourth-order valence-corrected chi connectivity index (χ4v) is 4.28. The van der Waals surface area contributed by atoms with Gasteiger partial charge >= 0.3 is 6.18 Å². The Morgan fingerprint density at radius 1 is 0.943 bits per heavy atom. The Balaban J connectivity index is 1.32. The Morgan fingerprint density at radius 2 is 1.77 bits per heavy atom. The highest BCUT2D eigenvalue weighted by Gasteiger charge is 2.30. The van der Waals surface area contributed by atoms with E-state index in [-0.39, 0.29) is 5.82 Å². The summed E-state index contributed by atoms with van der Waals surface area (Å²) in [5.41, 5.74) is 1.17. The van der Waals surface area contributed by atoms with Gasteiger partial charge in [0.05, 0.1) is 42.6 Å². The van der Waals surface area contributed by atoms with Gasteiger partial charge in [0, 0.05) is 24.2 Å². The first kappa shape index (κ1) is 23.1. The van der Waals surface area contributed by atoms with Crippen molar-refractivity contribution in [3.8, 4) is 22.2 Å². The number of halogens is 4. The van der Waals surface area contributed by atoms with Crippen LogP contribution in [0.15, 0.2) is 54.2 Å². The molecular weight excluding hydrogens is 484 g/mol. The van der Waals surface area contributed by atoms with Gasteiger partial charge in [0.2, 0.25) is 0 Å². The molecule has 1 saturated heterocycles. The highest BCUT2D eigenvalue weighted by molar-refractivity contribution is 7.13. The third-order valence-corrected chi connectivity index (χ3v) is 6.10. The van der Waals surface area contributed by atoms with Gasteiger partial charge in [-0.25, -0.2) is 19.3 Å².